The molecule has 1 aromatic carbocycles. The molecule has 3 rings (SSSR count). The van der Waals surface area contributed by atoms with Gasteiger partial charge in [0.2, 0.25) is 10.0 Å². The number of aromatic nitrogens is 2. The van der Waals surface area contributed by atoms with Crippen LogP contribution in [0.1, 0.15) is 25.7 Å². The Kier molecular flexibility index (Phi) is 4.88. The van der Waals surface area contributed by atoms with Crippen molar-refractivity contribution in [1.29, 1.82) is 0 Å². The number of hydrogen-bond donors (Lipinski definition) is 1. The third kappa shape index (κ3) is 4.04. The summed E-state index contributed by atoms with van der Waals surface area (Å²) in [5, 5.41) is 3.99. The minimum absolute atomic E-state index is 0.0556. The van der Waals surface area contributed by atoms with Gasteiger partial charge in [0.15, 0.2) is 0 Å². The number of alkyl halides is 3. The molecule has 25 heavy (non-hydrogen) atoms. The summed E-state index contributed by atoms with van der Waals surface area (Å²) in [6.45, 7) is 0. The van der Waals surface area contributed by atoms with Gasteiger partial charge >= 0.3 is 6.18 Å². The van der Waals surface area contributed by atoms with E-state index in [2.05, 4.69) is 9.82 Å². The second-order valence-electron chi connectivity index (χ2n) is 6.12. The van der Waals surface area contributed by atoms with Crippen LogP contribution in [0.5, 0.6) is 0 Å². The number of nitrogens with zero attached hydrogens (tertiary/aromatic N) is 2. The van der Waals surface area contributed by atoms with Crippen molar-refractivity contribution >= 4 is 10.0 Å². The summed E-state index contributed by atoms with van der Waals surface area (Å²) in [6, 6.07) is 7.72. The minimum atomic E-state index is -4.41. The maximum Gasteiger partial charge on any atom is 0.393 e. The van der Waals surface area contributed by atoms with Crippen LogP contribution >= 0.6 is 0 Å². The van der Waals surface area contributed by atoms with Crippen molar-refractivity contribution in [2.75, 3.05) is 0 Å². The fraction of sp³-hybridized carbons (Fsp3) is 0.438. The van der Waals surface area contributed by atoms with Gasteiger partial charge in [-0.25, -0.2) is 17.8 Å². The Morgan fingerprint density at radius 2 is 1.80 bits per heavy atom. The van der Waals surface area contributed by atoms with Gasteiger partial charge in [-0.15, -0.1) is 0 Å². The van der Waals surface area contributed by atoms with Gasteiger partial charge in [0.05, 0.1) is 24.0 Å². The molecule has 1 heterocycles. The van der Waals surface area contributed by atoms with Crippen molar-refractivity contribution in [3.63, 3.8) is 0 Å². The third-order valence-corrected chi connectivity index (χ3v) is 5.83. The van der Waals surface area contributed by atoms with Crippen LogP contribution in [0.15, 0.2) is 47.6 Å². The summed E-state index contributed by atoms with van der Waals surface area (Å²) < 4.78 is 68.0. The van der Waals surface area contributed by atoms with Crippen LogP contribution in [0.2, 0.25) is 0 Å². The highest BCUT2D eigenvalue weighted by Crippen LogP contribution is 2.38. The van der Waals surface area contributed by atoms with Gasteiger partial charge in [0.1, 0.15) is 4.90 Å². The second-order valence-corrected chi connectivity index (χ2v) is 7.83. The molecule has 0 saturated heterocycles. The van der Waals surface area contributed by atoms with Crippen LogP contribution in [0.3, 0.4) is 0 Å². The van der Waals surface area contributed by atoms with Crippen molar-refractivity contribution < 1.29 is 21.6 Å². The van der Waals surface area contributed by atoms with Crippen molar-refractivity contribution in [1.82, 2.24) is 14.5 Å². The van der Waals surface area contributed by atoms with E-state index in [0.29, 0.717) is 18.5 Å². The molecular formula is C16H18F3N3O2S. The Labute approximate surface area is 143 Å². The molecule has 0 aliphatic heterocycles. The van der Waals surface area contributed by atoms with Crippen LogP contribution in [0.4, 0.5) is 13.2 Å². The van der Waals surface area contributed by atoms with E-state index in [1.807, 2.05) is 6.07 Å². The summed E-state index contributed by atoms with van der Waals surface area (Å²) in [5.41, 5.74) is 0.662. The molecule has 2 atom stereocenters. The minimum Gasteiger partial charge on any atom is -0.240 e. The highest BCUT2D eigenvalue weighted by atomic mass is 32.2. The maximum atomic E-state index is 13.1. The second kappa shape index (κ2) is 6.80. The maximum absolute atomic E-state index is 13.1. The summed E-state index contributed by atoms with van der Waals surface area (Å²) >= 11 is 0. The van der Waals surface area contributed by atoms with Crippen LogP contribution < -0.4 is 4.72 Å². The Bertz CT molecular complexity index is 819. The predicted molar refractivity (Wildman–Crippen MR) is 85.7 cm³/mol. The van der Waals surface area contributed by atoms with Crippen molar-refractivity contribution in [3.05, 3.63) is 42.7 Å². The van der Waals surface area contributed by atoms with Gasteiger partial charge < -0.3 is 0 Å². The first-order valence-corrected chi connectivity index (χ1v) is 9.45. The molecule has 0 bridgehead atoms. The number of sulfonamides is 1. The van der Waals surface area contributed by atoms with Gasteiger partial charge in [-0.2, -0.15) is 18.3 Å². The number of hydrogen-bond acceptors (Lipinski definition) is 3. The van der Waals surface area contributed by atoms with Gasteiger partial charge in [0.25, 0.3) is 0 Å². The molecule has 1 aliphatic carbocycles. The van der Waals surface area contributed by atoms with Crippen LogP contribution in [-0.2, 0) is 10.0 Å². The van der Waals surface area contributed by atoms with Crippen molar-refractivity contribution in [2.45, 2.75) is 42.8 Å². The zero-order chi connectivity index (χ0) is 18.1. The normalized spacial score (nSPS) is 22.0. The molecule has 2 aromatic rings. The van der Waals surface area contributed by atoms with E-state index in [1.54, 1.807) is 24.3 Å². The highest BCUT2D eigenvalue weighted by molar-refractivity contribution is 7.89. The first kappa shape index (κ1) is 17.9. The topological polar surface area (TPSA) is 64.0 Å². The summed E-state index contributed by atoms with van der Waals surface area (Å²) in [7, 11) is -4.07. The summed E-state index contributed by atoms with van der Waals surface area (Å²) in [5.74, 6) is -1.65. The zero-order valence-electron chi connectivity index (χ0n) is 13.3. The number of rotatable bonds is 4. The molecule has 1 fully saturated rings. The van der Waals surface area contributed by atoms with E-state index < -0.39 is 28.2 Å². The Morgan fingerprint density at radius 3 is 2.48 bits per heavy atom. The van der Waals surface area contributed by atoms with Crippen LogP contribution in [0, 0.1) is 5.92 Å². The summed E-state index contributed by atoms with van der Waals surface area (Å²) in [4.78, 5) is -0.150. The van der Waals surface area contributed by atoms with Crippen LogP contribution in [0.25, 0.3) is 5.69 Å². The largest absolute Gasteiger partial charge is 0.393 e. The molecule has 0 radical (unpaired) electrons. The lowest BCUT2D eigenvalue weighted by atomic mass is 9.85. The Balaban J connectivity index is 1.81. The van der Waals surface area contributed by atoms with Gasteiger partial charge in [-0.3, -0.25) is 0 Å². The molecule has 2 unspecified atom stereocenters. The number of nitrogens with one attached hydrogen (secondary N) is 1. The van der Waals surface area contributed by atoms with Crippen LogP contribution in [-0.4, -0.2) is 30.4 Å². The number of para-hydroxylation sites is 1. The van der Waals surface area contributed by atoms with Gasteiger partial charge in [-0.05, 0) is 25.0 Å². The van der Waals surface area contributed by atoms with Crippen molar-refractivity contribution in [3.8, 4) is 5.69 Å². The third-order valence-electron chi connectivity index (χ3n) is 4.38. The van der Waals surface area contributed by atoms with E-state index in [9.17, 15) is 21.6 Å². The van der Waals surface area contributed by atoms with E-state index >= 15 is 0 Å². The molecule has 1 aromatic heterocycles. The Hall–Kier alpha value is -1.87. The summed E-state index contributed by atoms with van der Waals surface area (Å²) in [6.07, 6.45) is -0.834. The quantitative estimate of drug-likeness (QED) is 0.895. The molecule has 0 spiro atoms. The standard InChI is InChI=1S/C16H18F3N3O2S/c17-16(18,19)14-8-4-5-9-15(14)21-25(23,24)13-10-20-22(11-13)12-6-2-1-3-7-12/h1-3,6-7,10-11,14-15,21H,4-5,8-9H2. The zero-order valence-corrected chi connectivity index (χ0v) is 14.1. The number of benzene rings is 1. The lowest BCUT2D eigenvalue weighted by molar-refractivity contribution is -0.187. The molecule has 9 heteroatoms. The fourth-order valence-corrected chi connectivity index (χ4v) is 4.34. The van der Waals surface area contributed by atoms with E-state index in [-0.39, 0.29) is 17.7 Å². The predicted octanol–water partition coefficient (Wildman–Crippen LogP) is 3.27. The lowest BCUT2D eigenvalue weighted by Gasteiger charge is -2.33. The van der Waals surface area contributed by atoms with E-state index in [0.717, 1.165) is 6.20 Å². The first-order valence-electron chi connectivity index (χ1n) is 7.96. The average Bonchev–Trinajstić information content (AvgIpc) is 3.06. The number of halogens is 3. The molecule has 1 N–H and O–H groups in total. The molecule has 0 amide bonds. The smallest absolute Gasteiger partial charge is 0.240 e. The average molecular weight is 373 g/mol. The Morgan fingerprint density at radius 1 is 1.12 bits per heavy atom. The monoisotopic (exact) mass is 373 g/mol. The molecular weight excluding hydrogens is 355 g/mol. The SMILES string of the molecule is O=S(=O)(NC1CCCCC1C(F)(F)F)c1cnn(-c2ccccc2)c1. The fourth-order valence-electron chi connectivity index (χ4n) is 3.10. The molecule has 136 valence electrons. The highest BCUT2D eigenvalue weighted by Gasteiger charge is 2.46. The van der Waals surface area contributed by atoms with E-state index in [1.165, 1.54) is 10.9 Å². The first-order chi connectivity index (χ1) is 11.8. The van der Waals surface area contributed by atoms with Gasteiger partial charge in [0, 0.05) is 6.04 Å². The molecule has 1 saturated carbocycles. The van der Waals surface area contributed by atoms with Crippen molar-refractivity contribution in [2.24, 2.45) is 5.92 Å². The molecule has 5 nitrogen and oxygen atoms in total. The lowest BCUT2D eigenvalue weighted by Crippen LogP contribution is -2.47. The molecule has 1 aliphatic rings. The van der Waals surface area contributed by atoms with Gasteiger partial charge in [-0.1, -0.05) is 31.0 Å². The van der Waals surface area contributed by atoms with E-state index in [4.69, 9.17) is 0 Å².